The van der Waals surface area contributed by atoms with E-state index in [1.54, 1.807) is 0 Å². The van der Waals surface area contributed by atoms with Gasteiger partial charge in [-0.3, -0.25) is 0 Å². The van der Waals surface area contributed by atoms with Gasteiger partial charge in [0.2, 0.25) is 0 Å². The molecule has 0 heterocycles. The number of allylic oxidation sites excluding steroid dienone is 2. The highest BCUT2D eigenvalue weighted by Crippen LogP contribution is 2.58. The van der Waals surface area contributed by atoms with E-state index in [1.165, 1.54) is 89.2 Å². The van der Waals surface area contributed by atoms with Gasteiger partial charge in [0.05, 0.1) is 6.04 Å². The Balaban J connectivity index is 1.15. The van der Waals surface area contributed by atoms with Gasteiger partial charge in [-0.15, -0.1) is 0 Å². The van der Waals surface area contributed by atoms with Gasteiger partial charge >= 0.3 is 0 Å². The van der Waals surface area contributed by atoms with Crippen molar-refractivity contribution >= 4 is 39.2 Å². The number of para-hydroxylation sites is 1. The minimum Gasteiger partial charge on any atom is -0.334 e. The maximum absolute atomic E-state index is 2.55. The van der Waals surface area contributed by atoms with E-state index in [-0.39, 0.29) is 16.9 Å². The summed E-state index contributed by atoms with van der Waals surface area (Å²) < 4.78 is 0. The first-order valence-electron chi connectivity index (χ1n) is 20.1. The highest BCUT2D eigenvalue weighted by Gasteiger charge is 2.41. The Morgan fingerprint density at radius 2 is 1.09 bits per heavy atom. The number of benzene rings is 7. The van der Waals surface area contributed by atoms with Crippen LogP contribution in [0.15, 0.2) is 164 Å². The number of hydrogen-bond acceptors (Lipinski definition) is 2. The van der Waals surface area contributed by atoms with Crippen molar-refractivity contribution in [1.29, 1.82) is 0 Å². The second kappa shape index (κ2) is 12.7. The third kappa shape index (κ3) is 5.23. The fourth-order valence-electron chi connectivity index (χ4n) is 9.99. The van der Waals surface area contributed by atoms with Gasteiger partial charge < -0.3 is 9.80 Å². The lowest BCUT2D eigenvalue weighted by Gasteiger charge is -2.37. The van der Waals surface area contributed by atoms with Crippen LogP contribution in [0, 0.1) is 13.8 Å². The predicted octanol–water partition coefficient (Wildman–Crippen LogP) is 14.6. The minimum absolute atomic E-state index is 0.190. The van der Waals surface area contributed by atoms with Crippen molar-refractivity contribution in [2.45, 2.75) is 64.8 Å². The second-order valence-corrected chi connectivity index (χ2v) is 17.1. The van der Waals surface area contributed by atoms with Gasteiger partial charge in [-0.05, 0) is 153 Å². The third-order valence-electron chi connectivity index (χ3n) is 12.8. The lowest BCUT2D eigenvalue weighted by Crippen LogP contribution is -2.30. The van der Waals surface area contributed by atoms with Crippen LogP contribution in [0.5, 0.6) is 0 Å². The van der Waals surface area contributed by atoms with Gasteiger partial charge in [-0.2, -0.15) is 0 Å². The molecule has 1 atom stereocenters. The van der Waals surface area contributed by atoms with E-state index in [2.05, 4.69) is 215 Å². The molecule has 274 valence electrons. The standard InChI is InChI=1S/C54H48N2/c1-35-16-13-22-39(30-35)55(37-18-9-7-10-19-37)41-26-28-43-46-34-50-51(45-24-15-25-47(52(45)46)53(3,4)48(43)32-41)44-29-27-42(33-49(44)54(50,5)6)56(38-20-11-8-12-21-38)40-23-14-17-36(2)31-40/h7-20,22-34,38H,21H2,1-6H3. The van der Waals surface area contributed by atoms with E-state index < -0.39 is 0 Å². The molecule has 0 N–H and O–H groups in total. The Morgan fingerprint density at radius 1 is 0.482 bits per heavy atom. The molecule has 0 saturated carbocycles. The number of rotatable bonds is 6. The quantitative estimate of drug-likeness (QED) is 0.168. The molecule has 2 heteroatoms. The molecule has 56 heavy (non-hydrogen) atoms. The highest BCUT2D eigenvalue weighted by molar-refractivity contribution is 6.12. The highest BCUT2D eigenvalue weighted by atomic mass is 15.2. The number of aryl methyl sites for hydroxylation is 2. The number of nitrogens with zero attached hydrogens (tertiary/aromatic N) is 2. The molecule has 0 amide bonds. The van der Waals surface area contributed by atoms with Crippen LogP contribution in [0.4, 0.5) is 28.4 Å². The molecule has 0 aromatic heterocycles. The average Bonchev–Trinajstić information content (AvgIpc) is 3.43. The SMILES string of the molecule is Cc1cccc(N(c2ccccc2)c2ccc3c(c2)C(C)(C)c2cccc4c5c(cc-3c24)C(C)(C)c2cc(N(c3cccc(C)c3)C3C=CC=CC3)ccc2-5)c1. The maximum atomic E-state index is 2.55. The zero-order valence-corrected chi connectivity index (χ0v) is 33.3. The van der Waals surface area contributed by atoms with Crippen molar-refractivity contribution in [3.63, 3.8) is 0 Å². The molecule has 3 aliphatic carbocycles. The molecule has 3 aliphatic rings. The van der Waals surface area contributed by atoms with E-state index in [9.17, 15) is 0 Å². The largest absolute Gasteiger partial charge is 0.334 e. The van der Waals surface area contributed by atoms with Crippen LogP contribution in [0.25, 0.3) is 33.0 Å². The fraction of sp³-hybridized carbons (Fsp3) is 0.185. The van der Waals surface area contributed by atoms with E-state index >= 15 is 0 Å². The summed E-state index contributed by atoms with van der Waals surface area (Å²) in [5.41, 5.74) is 19.1. The molecular formula is C54H48N2. The van der Waals surface area contributed by atoms with Crippen molar-refractivity contribution in [1.82, 2.24) is 0 Å². The van der Waals surface area contributed by atoms with Crippen LogP contribution in [0.3, 0.4) is 0 Å². The van der Waals surface area contributed by atoms with Gasteiger partial charge in [0.25, 0.3) is 0 Å². The molecular weight excluding hydrogens is 677 g/mol. The Hall–Kier alpha value is -6.12. The van der Waals surface area contributed by atoms with Crippen LogP contribution in [-0.4, -0.2) is 6.04 Å². The topological polar surface area (TPSA) is 6.48 Å². The van der Waals surface area contributed by atoms with Crippen molar-refractivity contribution in [3.05, 3.63) is 197 Å². The summed E-state index contributed by atoms with van der Waals surface area (Å²) >= 11 is 0. The molecule has 1 unspecified atom stereocenters. The molecule has 0 saturated heterocycles. The summed E-state index contributed by atoms with van der Waals surface area (Å²) in [6.45, 7) is 14.1. The molecule has 7 aromatic rings. The van der Waals surface area contributed by atoms with Crippen molar-refractivity contribution in [3.8, 4) is 22.3 Å². The van der Waals surface area contributed by atoms with Crippen LogP contribution >= 0.6 is 0 Å². The number of fused-ring (bicyclic) bond motifs is 6. The summed E-state index contributed by atoms with van der Waals surface area (Å²) in [6, 6.07) is 52.9. The average molecular weight is 725 g/mol. The Bertz CT molecular complexity index is 2760. The smallest absolute Gasteiger partial charge is 0.0559 e. The molecule has 0 bridgehead atoms. The van der Waals surface area contributed by atoms with Crippen molar-refractivity contribution in [2.75, 3.05) is 9.80 Å². The van der Waals surface area contributed by atoms with E-state index in [4.69, 9.17) is 0 Å². The normalized spacial score (nSPS) is 16.6. The van der Waals surface area contributed by atoms with Crippen LogP contribution in [0.1, 0.15) is 67.5 Å². The summed E-state index contributed by atoms with van der Waals surface area (Å²) in [6.07, 6.45) is 9.97. The van der Waals surface area contributed by atoms with Gasteiger partial charge in [-0.25, -0.2) is 0 Å². The van der Waals surface area contributed by atoms with Crippen LogP contribution in [-0.2, 0) is 10.8 Å². The third-order valence-corrected chi connectivity index (χ3v) is 12.8. The van der Waals surface area contributed by atoms with Gasteiger partial charge in [-0.1, -0.05) is 125 Å². The van der Waals surface area contributed by atoms with E-state index in [0.29, 0.717) is 0 Å². The lowest BCUT2D eigenvalue weighted by atomic mass is 9.67. The van der Waals surface area contributed by atoms with E-state index in [1.807, 2.05) is 0 Å². The van der Waals surface area contributed by atoms with Gasteiger partial charge in [0, 0.05) is 39.3 Å². The Labute approximate surface area is 332 Å². The molecule has 0 spiro atoms. The summed E-state index contributed by atoms with van der Waals surface area (Å²) in [5.74, 6) is 0. The fourth-order valence-corrected chi connectivity index (χ4v) is 9.99. The first-order chi connectivity index (χ1) is 27.1. The van der Waals surface area contributed by atoms with Crippen molar-refractivity contribution in [2.24, 2.45) is 0 Å². The second-order valence-electron chi connectivity index (χ2n) is 17.1. The molecule has 0 fully saturated rings. The number of anilines is 5. The lowest BCUT2D eigenvalue weighted by molar-refractivity contribution is 0.644. The zero-order valence-electron chi connectivity index (χ0n) is 33.3. The first-order valence-corrected chi connectivity index (χ1v) is 20.1. The zero-order chi connectivity index (χ0) is 38.3. The summed E-state index contributed by atoms with van der Waals surface area (Å²) in [5, 5.41) is 2.75. The predicted molar refractivity (Wildman–Crippen MR) is 238 cm³/mol. The van der Waals surface area contributed by atoms with E-state index in [0.717, 1.165) is 12.1 Å². The summed E-state index contributed by atoms with van der Waals surface area (Å²) in [4.78, 5) is 4.94. The van der Waals surface area contributed by atoms with Crippen molar-refractivity contribution < 1.29 is 0 Å². The van der Waals surface area contributed by atoms with Crippen LogP contribution in [0.2, 0.25) is 0 Å². The molecule has 10 rings (SSSR count). The maximum Gasteiger partial charge on any atom is 0.0559 e. The molecule has 2 nitrogen and oxygen atoms in total. The monoisotopic (exact) mass is 724 g/mol. The Morgan fingerprint density at radius 3 is 1.84 bits per heavy atom. The molecule has 0 aliphatic heterocycles. The van der Waals surface area contributed by atoms with Crippen LogP contribution < -0.4 is 9.80 Å². The number of hydrogen-bond donors (Lipinski definition) is 0. The minimum atomic E-state index is -0.210. The molecule has 0 radical (unpaired) electrons. The Kier molecular flexibility index (Phi) is 7.80. The summed E-state index contributed by atoms with van der Waals surface area (Å²) in [7, 11) is 0. The van der Waals surface area contributed by atoms with Gasteiger partial charge in [0.15, 0.2) is 0 Å². The molecule has 7 aromatic carbocycles. The van der Waals surface area contributed by atoms with Gasteiger partial charge in [0.1, 0.15) is 0 Å². The first kappa shape index (κ1) is 34.4.